The predicted octanol–water partition coefficient (Wildman–Crippen LogP) is 0.422. The molecular weight excluding hydrogens is 380 g/mol. The van der Waals surface area contributed by atoms with E-state index >= 15 is 0 Å². The van der Waals surface area contributed by atoms with Gasteiger partial charge in [-0.25, -0.2) is 18.2 Å². The second-order valence-electron chi connectivity index (χ2n) is 6.20. The minimum atomic E-state index is -3.73. The Morgan fingerprint density at radius 2 is 1.75 bits per heavy atom. The van der Waals surface area contributed by atoms with Gasteiger partial charge < -0.3 is 5.32 Å². The Bertz CT molecular complexity index is 1030. The van der Waals surface area contributed by atoms with Gasteiger partial charge in [0.2, 0.25) is 15.9 Å². The first-order valence-corrected chi connectivity index (χ1v) is 10.1. The van der Waals surface area contributed by atoms with Crippen molar-refractivity contribution in [2.24, 2.45) is 5.14 Å². The topological polar surface area (TPSA) is 133 Å². The van der Waals surface area contributed by atoms with Crippen molar-refractivity contribution in [3.8, 4) is 0 Å². The lowest BCUT2D eigenvalue weighted by Crippen LogP contribution is -2.26. The summed E-state index contributed by atoms with van der Waals surface area (Å²) in [7, 11) is -3.73. The monoisotopic (exact) mass is 400 g/mol. The van der Waals surface area contributed by atoms with Gasteiger partial charge in [0.15, 0.2) is 5.82 Å². The molecule has 9 nitrogen and oxygen atoms in total. The van der Waals surface area contributed by atoms with Crippen LogP contribution in [0.5, 0.6) is 0 Å². The van der Waals surface area contributed by atoms with Gasteiger partial charge in [-0.05, 0) is 40.1 Å². The maximum absolute atomic E-state index is 12.2. The van der Waals surface area contributed by atoms with Crippen LogP contribution in [-0.4, -0.2) is 34.5 Å². The van der Waals surface area contributed by atoms with Crippen molar-refractivity contribution in [1.82, 2.24) is 25.5 Å². The van der Waals surface area contributed by atoms with Gasteiger partial charge in [-0.15, -0.1) is 5.10 Å². The van der Waals surface area contributed by atoms with E-state index < -0.39 is 10.0 Å². The van der Waals surface area contributed by atoms with E-state index in [0.29, 0.717) is 12.4 Å². The lowest BCUT2D eigenvalue weighted by atomic mass is 10.1. The maximum atomic E-state index is 12.2. The molecule has 0 saturated carbocycles. The molecule has 0 spiro atoms. The molecule has 0 aliphatic heterocycles. The van der Waals surface area contributed by atoms with Crippen molar-refractivity contribution in [1.29, 1.82) is 0 Å². The van der Waals surface area contributed by atoms with E-state index in [1.165, 1.54) is 12.1 Å². The largest absolute Gasteiger partial charge is 0.352 e. The quantitative estimate of drug-likeness (QED) is 0.563. The van der Waals surface area contributed by atoms with E-state index in [0.717, 1.165) is 17.5 Å². The van der Waals surface area contributed by atoms with Crippen molar-refractivity contribution in [3.05, 3.63) is 71.5 Å². The SMILES string of the molecule is NS(=O)(=O)c1ccc(CNC(=O)Cc2nnnn2CCc2ccccc2)cc1. The number of nitrogens with two attached hydrogens (primary N) is 1. The molecule has 0 aliphatic carbocycles. The number of hydrogen-bond donors (Lipinski definition) is 2. The van der Waals surface area contributed by atoms with Crippen LogP contribution in [0.15, 0.2) is 59.5 Å². The van der Waals surface area contributed by atoms with Crippen molar-refractivity contribution in [2.45, 2.75) is 30.8 Å². The van der Waals surface area contributed by atoms with E-state index in [2.05, 4.69) is 20.8 Å². The van der Waals surface area contributed by atoms with Gasteiger partial charge in [0.05, 0.1) is 11.3 Å². The van der Waals surface area contributed by atoms with Gasteiger partial charge in [-0.3, -0.25) is 4.79 Å². The van der Waals surface area contributed by atoms with E-state index in [9.17, 15) is 13.2 Å². The Hall–Kier alpha value is -3.11. The van der Waals surface area contributed by atoms with Gasteiger partial charge in [0.1, 0.15) is 0 Å². The number of hydrogen-bond acceptors (Lipinski definition) is 6. The summed E-state index contributed by atoms with van der Waals surface area (Å²) >= 11 is 0. The first-order valence-electron chi connectivity index (χ1n) is 8.59. The van der Waals surface area contributed by atoms with Gasteiger partial charge >= 0.3 is 0 Å². The molecule has 3 rings (SSSR count). The van der Waals surface area contributed by atoms with Crippen LogP contribution < -0.4 is 10.5 Å². The standard InChI is InChI=1S/C18H20N6O3S/c19-28(26,27)16-8-6-15(7-9-16)13-20-18(25)12-17-21-22-23-24(17)11-10-14-4-2-1-3-5-14/h1-9H,10-13H2,(H,20,25)(H2,19,26,27). The zero-order chi connectivity index (χ0) is 20.0. The summed E-state index contributed by atoms with van der Waals surface area (Å²) in [5.41, 5.74) is 1.92. The van der Waals surface area contributed by atoms with Crippen LogP contribution in [0.3, 0.4) is 0 Å². The Morgan fingerprint density at radius 3 is 2.43 bits per heavy atom. The number of nitrogens with one attached hydrogen (secondary N) is 1. The average molecular weight is 400 g/mol. The average Bonchev–Trinajstić information content (AvgIpc) is 3.12. The highest BCUT2D eigenvalue weighted by atomic mass is 32.2. The fourth-order valence-corrected chi connectivity index (χ4v) is 3.12. The Kier molecular flexibility index (Phi) is 6.12. The highest BCUT2D eigenvalue weighted by Gasteiger charge is 2.12. The van der Waals surface area contributed by atoms with Crippen molar-refractivity contribution in [3.63, 3.8) is 0 Å². The number of rotatable bonds is 8. The van der Waals surface area contributed by atoms with Gasteiger partial charge in [0.25, 0.3) is 0 Å². The summed E-state index contributed by atoms with van der Waals surface area (Å²) in [6.07, 6.45) is 0.813. The van der Waals surface area contributed by atoms with E-state index in [1.807, 2.05) is 30.3 Å². The van der Waals surface area contributed by atoms with E-state index in [4.69, 9.17) is 5.14 Å². The minimum absolute atomic E-state index is 0.0279. The molecule has 3 N–H and O–H groups in total. The number of amides is 1. The molecule has 28 heavy (non-hydrogen) atoms. The molecule has 1 heterocycles. The van der Waals surface area contributed by atoms with Gasteiger partial charge in [-0.2, -0.15) is 0 Å². The molecule has 2 aromatic carbocycles. The number of carbonyl (C=O) groups is 1. The van der Waals surface area contributed by atoms with Gasteiger partial charge in [-0.1, -0.05) is 42.5 Å². The third-order valence-corrected chi connectivity index (χ3v) is 5.05. The molecule has 0 unspecified atom stereocenters. The third kappa shape index (κ3) is 5.44. The molecule has 3 aromatic rings. The molecule has 0 atom stereocenters. The summed E-state index contributed by atoms with van der Waals surface area (Å²) in [6, 6.07) is 16.0. The van der Waals surface area contributed by atoms with Crippen LogP contribution in [-0.2, 0) is 40.7 Å². The normalized spacial score (nSPS) is 11.3. The number of tetrazole rings is 1. The summed E-state index contributed by atoms with van der Waals surface area (Å²) in [4.78, 5) is 12.2. The Morgan fingerprint density at radius 1 is 1.04 bits per heavy atom. The Balaban J connectivity index is 1.52. The molecule has 146 valence electrons. The molecule has 1 aromatic heterocycles. The zero-order valence-corrected chi connectivity index (χ0v) is 15.8. The van der Waals surface area contributed by atoms with Crippen molar-refractivity contribution < 1.29 is 13.2 Å². The Labute approximate surface area is 162 Å². The van der Waals surface area contributed by atoms with Crippen LogP contribution >= 0.6 is 0 Å². The van der Waals surface area contributed by atoms with Crippen molar-refractivity contribution in [2.75, 3.05) is 0 Å². The molecule has 0 fully saturated rings. The highest BCUT2D eigenvalue weighted by molar-refractivity contribution is 7.89. The van der Waals surface area contributed by atoms with Gasteiger partial charge in [0, 0.05) is 13.1 Å². The fourth-order valence-electron chi connectivity index (χ4n) is 2.61. The number of nitrogens with zero attached hydrogens (tertiary/aromatic N) is 4. The third-order valence-electron chi connectivity index (χ3n) is 4.12. The van der Waals surface area contributed by atoms with Crippen molar-refractivity contribution >= 4 is 15.9 Å². The van der Waals surface area contributed by atoms with E-state index in [1.54, 1.807) is 16.8 Å². The summed E-state index contributed by atoms with van der Waals surface area (Å²) in [5, 5.41) is 19.3. The second kappa shape index (κ2) is 8.72. The number of benzene rings is 2. The number of sulfonamides is 1. The van der Waals surface area contributed by atoms with Crippen LogP contribution in [0.2, 0.25) is 0 Å². The second-order valence-corrected chi connectivity index (χ2v) is 7.76. The predicted molar refractivity (Wildman–Crippen MR) is 101 cm³/mol. The highest BCUT2D eigenvalue weighted by Crippen LogP contribution is 2.08. The molecular formula is C18H20N6O3S. The summed E-state index contributed by atoms with van der Waals surface area (Å²) < 4.78 is 24.1. The lowest BCUT2D eigenvalue weighted by molar-refractivity contribution is -0.120. The number of aromatic nitrogens is 4. The van der Waals surface area contributed by atoms with Crippen LogP contribution in [0, 0.1) is 0 Å². The maximum Gasteiger partial charge on any atom is 0.238 e. The molecule has 0 radical (unpaired) electrons. The number of primary sulfonamides is 1. The molecule has 10 heteroatoms. The molecule has 0 saturated heterocycles. The minimum Gasteiger partial charge on any atom is -0.352 e. The van der Waals surface area contributed by atoms with Crippen LogP contribution in [0.4, 0.5) is 0 Å². The fraction of sp³-hybridized carbons (Fsp3) is 0.222. The lowest BCUT2D eigenvalue weighted by Gasteiger charge is -2.07. The first kappa shape index (κ1) is 19.6. The molecule has 1 amide bonds. The number of carbonyl (C=O) groups excluding carboxylic acids is 1. The first-order chi connectivity index (χ1) is 13.4. The molecule has 0 bridgehead atoms. The van der Waals surface area contributed by atoms with Crippen LogP contribution in [0.25, 0.3) is 0 Å². The van der Waals surface area contributed by atoms with Crippen LogP contribution in [0.1, 0.15) is 17.0 Å². The molecule has 0 aliphatic rings. The number of aryl methyl sites for hydroxylation is 2. The zero-order valence-electron chi connectivity index (χ0n) is 15.0. The summed E-state index contributed by atoms with van der Waals surface area (Å²) in [6.45, 7) is 0.837. The smallest absolute Gasteiger partial charge is 0.238 e. The van der Waals surface area contributed by atoms with E-state index in [-0.39, 0.29) is 23.8 Å². The summed E-state index contributed by atoms with van der Waals surface area (Å²) in [5.74, 6) is 0.254.